The van der Waals surface area contributed by atoms with Gasteiger partial charge in [0.05, 0.1) is 29.9 Å². The number of methoxy groups -OCH3 is 1. The van der Waals surface area contributed by atoms with Gasteiger partial charge in [-0.25, -0.2) is 0 Å². The van der Waals surface area contributed by atoms with Gasteiger partial charge in [-0.1, -0.05) is 82.0 Å². The molecule has 9 nitrogen and oxygen atoms in total. The van der Waals surface area contributed by atoms with Gasteiger partial charge < -0.3 is 35.0 Å². The second-order valence-corrected chi connectivity index (χ2v) is 13.6. The van der Waals surface area contributed by atoms with Crippen molar-refractivity contribution < 1.29 is 34.4 Å². The van der Waals surface area contributed by atoms with Gasteiger partial charge in [0.25, 0.3) is 0 Å². The van der Waals surface area contributed by atoms with Crippen LogP contribution in [0.15, 0.2) is 48.0 Å². The Hall–Kier alpha value is -2.38. The first-order valence-electron chi connectivity index (χ1n) is 16.7. The Morgan fingerprint density at radius 2 is 1.66 bits per heavy atom. The van der Waals surface area contributed by atoms with Crippen LogP contribution in [0.1, 0.15) is 88.7 Å². The molecule has 2 aromatic carbocycles. The first kappa shape index (κ1) is 39.1. The summed E-state index contributed by atoms with van der Waals surface area (Å²) in [4.78, 5) is 28.8. The van der Waals surface area contributed by atoms with Gasteiger partial charge in [-0.3, -0.25) is 9.59 Å². The Bertz CT molecular complexity index is 1310. The number of amides is 2. The van der Waals surface area contributed by atoms with Gasteiger partial charge in [-0.05, 0) is 70.5 Å². The molecule has 0 fully saturated rings. The van der Waals surface area contributed by atoms with Crippen LogP contribution in [0.25, 0.3) is 0 Å². The lowest BCUT2D eigenvalue weighted by Gasteiger charge is -2.41. The van der Waals surface area contributed by atoms with E-state index in [1.54, 1.807) is 35.2 Å². The summed E-state index contributed by atoms with van der Waals surface area (Å²) in [5, 5.41) is 34.1. The van der Waals surface area contributed by atoms with Crippen molar-refractivity contribution in [3.8, 4) is 11.5 Å². The number of aliphatic hydroxyl groups is 3. The Kier molecular flexibility index (Phi) is 17.3. The number of benzene rings is 2. The number of ether oxygens (including phenoxy) is 2. The lowest BCUT2D eigenvalue weighted by molar-refractivity contribution is -0.139. The first-order chi connectivity index (χ1) is 22.7. The van der Waals surface area contributed by atoms with Crippen LogP contribution in [0.3, 0.4) is 0 Å². The van der Waals surface area contributed by atoms with E-state index in [4.69, 9.17) is 21.1 Å². The molecule has 260 valence electrons. The minimum absolute atomic E-state index is 0.0648. The van der Waals surface area contributed by atoms with E-state index < -0.39 is 24.2 Å². The Labute approximate surface area is 297 Å². The zero-order valence-corrected chi connectivity index (χ0v) is 30.5. The van der Waals surface area contributed by atoms with E-state index in [0.717, 1.165) is 31.2 Å². The average molecular weight is 785 g/mol. The van der Waals surface area contributed by atoms with Crippen molar-refractivity contribution in [3.05, 3.63) is 67.8 Å². The van der Waals surface area contributed by atoms with E-state index in [1.165, 1.54) is 39.2 Å². The number of hydrogen-bond acceptors (Lipinski definition) is 7. The zero-order valence-electron chi connectivity index (χ0n) is 27.6. The Morgan fingerprint density at radius 3 is 2.28 bits per heavy atom. The molecule has 0 aromatic heterocycles. The number of carbonyl (C=O) groups excluding carboxylic acids is 2. The van der Waals surface area contributed by atoms with Crippen molar-refractivity contribution >= 4 is 46.0 Å². The van der Waals surface area contributed by atoms with Crippen molar-refractivity contribution in [3.63, 3.8) is 0 Å². The minimum atomic E-state index is -1.18. The van der Waals surface area contributed by atoms with Gasteiger partial charge in [-0.2, -0.15) is 0 Å². The van der Waals surface area contributed by atoms with Crippen molar-refractivity contribution in [2.45, 2.75) is 109 Å². The summed E-state index contributed by atoms with van der Waals surface area (Å²) in [6.45, 7) is 2.09. The summed E-state index contributed by atoms with van der Waals surface area (Å²) in [5.74, 6) is 0.211. The smallest absolute Gasteiger partial charge is 0.247 e. The van der Waals surface area contributed by atoms with E-state index in [9.17, 15) is 24.9 Å². The largest absolute Gasteiger partial charge is 0.493 e. The van der Waals surface area contributed by atoms with Crippen LogP contribution in [-0.4, -0.2) is 70.5 Å². The molecule has 47 heavy (non-hydrogen) atoms. The van der Waals surface area contributed by atoms with Gasteiger partial charge in [-0.15, -0.1) is 0 Å². The molecule has 4 N–H and O–H groups in total. The number of halogens is 2. The fraction of sp³-hybridized carbons (Fsp3) is 0.556. The second kappa shape index (κ2) is 20.9. The molecule has 3 atom stereocenters. The molecule has 0 bridgehead atoms. The third kappa shape index (κ3) is 12.2. The second-order valence-electron chi connectivity index (χ2n) is 12.0. The highest BCUT2D eigenvalue weighted by Crippen LogP contribution is 2.37. The number of hydrogen-bond donors (Lipinski definition) is 4. The molecular weight excluding hydrogens is 735 g/mol. The van der Waals surface area contributed by atoms with Gasteiger partial charge in [0, 0.05) is 36.5 Å². The fourth-order valence-corrected chi connectivity index (χ4v) is 6.72. The van der Waals surface area contributed by atoms with Crippen LogP contribution in [0, 0.1) is 3.57 Å². The van der Waals surface area contributed by atoms with E-state index in [2.05, 4.69) is 34.8 Å². The molecule has 1 aliphatic carbocycles. The number of aliphatic hydroxyl groups excluding tert-OH is 3. The normalized spacial score (nSPS) is 17.6. The summed E-state index contributed by atoms with van der Waals surface area (Å²) in [6, 6.07) is 9.87. The van der Waals surface area contributed by atoms with Crippen molar-refractivity contribution in [1.82, 2.24) is 10.2 Å². The monoisotopic (exact) mass is 784 g/mol. The third-order valence-electron chi connectivity index (χ3n) is 8.42. The lowest BCUT2D eigenvalue weighted by atomic mass is 9.87. The van der Waals surface area contributed by atoms with Gasteiger partial charge in [0.1, 0.15) is 12.2 Å². The fourth-order valence-electron chi connectivity index (χ4n) is 5.80. The lowest BCUT2D eigenvalue weighted by Crippen LogP contribution is -2.54. The highest BCUT2D eigenvalue weighted by atomic mass is 127. The molecule has 0 saturated heterocycles. The topological polar surface area (TPSA) is 129 Å². The molecule has 3 rings (SSSR count). The zero-order chi connectivity index (χ0) is 34.2. The van der Waals surface area contributed by atoms with Crippen molar-refractivity contribution in [2.24, 2.45) is 0 Å². The van der Waals surface area contributed by atoms with Gasteiger partial charge in [0.15, 0.2) is 11.5 Å². The van der Waals surface area contributed by atoms with E-state index in [-0.39, 0.29) is 38.6 Å². The molecular formula is C36H50ClIN2O7. The van der Waals surface area contributed by atoms with E-state index in [1.807, 2.05) is 12.1 Å². The molecule has 0 unspecified atom stereocenters. The molecule has 0 aliphatic heterocycles. The van der Waals surface area contributed by atoms with Crippen LogP contribution in [-0.2, 0) is 22.7 Å². The minimum Gasteiger partial charge on any atom is -0.493 e. The molecule has 2 amide bonds. The van der Waals surface area contributed by atoms with Crippen LogP contribution in [0.5, 0.6) is 11.5 Å². The highest BCUT2D eigenvalue weighted by molar-refractivity contribution is 14.1. The quantitative estimate of drug-likeness (QED) is 0.0916. The SMILES string of the molecule is CCCCCCCCCCCC(=O)N(Cc1ccc(Cl)cc1)[C@@H]1CC(C(=O)NCCO)=C[C@H](Oc2c(I)cc(CO)cc2OC)[C@H]1O. The molecule has 11 heteroatoms. The third-order valence-corrected chi connectivity index (χ3v) is 9.47. The van der Waals surface area contributed by atoms with Gasteiger partial charge >= 0.3 is 0 Å². The summed E-state index contributed by atoms with van der Waals surface area (Å²) in [7, 11) is 1.49. The van der Waals surface area contributed by atoms with Crippen LogP contribution < -0.4 is 14.8 Å². The molecule has 1 aliphatic rings. The maximum absolute atomic E-state index is 14.0. The first-order valence-corrected chi connectivity index (χ1v) is 18.1. The molecule has 2 aromatic rings. The number of rotatable bonds is 20. The maximum Gasteiger partial charge on any atom is 0.247 e. The maximum atomic E-state index is 14.0. The molecule has 0 radical (unpaired) electrons. The number of nitrogens with one attached hydrogen (secondary N) is 1. The number of nitrogens with zero attached hydrogens (tertiary/aromatic N) is 1. The summed E-state index contributed by atoms with van der Waals surface area (Å²) in [5.41, 5.74) is 1.82. The van der Waals surface area contributed by atoms with Crippen molar-refractivity contribution in [1.29, 1.82) is 0 Å². The van der Waals surface area contributed by atoms with Crippen LogP contribution >= 0.6 is 34.2 Å². The standard InChI is InChI=1S/C36H50ClIN2O7/c1-3-4-5-6-7-8-9-10-11-12-33(43)40(23-25-13-15-28(37)16-14-25)30-21-27(36(45)39-17-18-41)22-31(34(30)44)47-35-29(38)19-26(24-42)20-32(35)46-2/h13-16,19-20,22,30-31,34,41-42,44H,3-12,17-18,21,23-24H2,1-2H3,(H,39,45)/t30-,31+,34+/m1/s1. The predicted octanol–water partition coefficient (Wildman–Crippen LogP) is 6.31. The van der Waals surface area contributed by atoms with Gasteiger partial charge in [0.2, 0.25) is 11.8 Å². The van der Waals surface area contributed by atoms with Crippen molar-refractivity contribution in [2.75, 3.05) is 20.3 Å². The average Bonchev–Trinajstić information content (AvgIpc) is 3.07. The van der Waals surface area contributed by atoms with Crippen LogP contribution in [0.4, 0.5) is 0 Å². The van der Waals surface area contributed by atoms with E-state index in [0.29, 0.717) is 37.6 Å². The van der Waals surface area contributed by atoms with Crippen LogP contribution in [0.2, 0.25) is 5.02 Å². The Balaban J connectivity index is 1.87. The molecule has 0 saturated carbocycles. The summed E-state index contributed by atoms with van der Waals surface area (Å²) in [6.07, 6.45) is 9.99. The highest BCUT2D eigenvalue weighted by Gasteiger charge is 2.41. The number of unbranched alkanes of at least 4 members (excludes halogenated alkanes) is 8. The summed E-state index contributed by atoms with van der Waals surface area (Å²) >= 11 is 8.22. The predicted molar refractivity (Wildman–Crippen MR) is 192 cm³/mol. The Morgan fingerprint density at radius 1 is 1.00 bits per heavy atom. The number of carbonyl (C=O) groups is 2. The molecule has 0 spiro atoms. The summed E-state index contributed by atoms with van der Waals surface area (Å²) < 4.78 is 12.6. The molecule has 0 heterocycles. The van der Waals surface area contributed by atoms with E-state index >= 15 is 0 Å².